The molecule has 0 atom stereocenters. The first-order valence-electron chi connectivity index (χ1n) is 7.31. The van der Waals surface area contributed by atoms with E-state index >= 15 is 0 Å². The maximum Gasteiger partial charge on any atom is 0.255 e. The van der Waals surface area contributed by atoms with E-state index in [1.807, 2.05) is 36.0 Å². The first kappa shape index (κ1) is 17.9. The standard InChI is InChI=1S/C16H26N2O2S/c1-4-16(5-2,21-3)12-18-10-13-6-8-14(9-7-13)20-11-15(17)19/h6-9,18H,4-5,10-12H2,1-3H3,(H2,17,19). The molecule has 0 aliphatic rings. The van der Waals surface area contributed by atoms with E-state index in [1.54, 1.807) is 0 Å². The summed E-state index contributed by atoms with van der Waals surface area (Å²) in [5.74, 6) is 0.200. The zero-order valence-corrected chi connectivity index (χ0v) is 14.0. The molecule has 0 unspecified atom stereocenters. The number of nitrogens with two attached hydrogens (primary N) is 1. The van der Waals surface area contributed by atoms with Gasteiger partial charge in [0.25, 0.3) is 5.91 Å². The second kappa shape index (κ2) is 8.95. The SMILES string of the molecule is CCC(CC)(CNCc1ccc(OCC(N)=O)cc1)SC. The van der Waals surface area contributed by atoms with Gasteiger partial charge >= 0.3 is 0 Å². The number of primary amides is 1. The summed E-state index contributed by atoms with van der Waals surface area (Å²) < 4.78 is 5.56. The van der Waals surface area contributed by atoms with Crippen molar-refractivity contribution in [3.05, 3.63) is 29.8 Å². The van der Waals surface area contributed by atoms with Gasteiger partial charge in [-0.1, -0.05) is 26.0 Å². The fraction of sp³-hybridized carbons (Fsp3) is 0.562. The van der Waals surface area contributed by atoms with Crippen molar-refractivity contribution >= 4 is 17.7 Å². The molecule has 0 aliphatic carbocycles. The number of carbonyl (C=O) groups excluding carboxylic acids is 1. The van der Waals surface area contributed by atoms with Gasteiger partial charge in [0.15, 0.2) is 6.61 Å². The lowest BCUT2D eigenvalue weighted by molar-refractivity contribution is -0.119. The molecule has 1 aromatic rings. The molecule has 0 saturated heterocycles. The van der Waals surface area contributed by atoms with Gasteiger partial charge < -0.3 is 15.8 Å². The Morgan fingerprint density at radius 1 is 1.29 bits per heavy atom. The Labute approximate surface area is 131 Å². The number of benzene rings is 1. The lowest BCUT2D eigenvalue weighted by Crippen LogP contribution is -2.36. The quantitative estimate of drug-likeness (QED) is 0.697. The predicted molar refractivity (Wildman–Crippen MR) is 89.7 cm³/mol. The van der Waals surface area contributed by atoms with Crippen LogP contribution in [0.25, 0.3) is 0 Å². The topological polar surface area (TPSA) is 64.3 Å². The average molecular weight is 310 g/mol. The molecule has 21 heavy (non-hydrogen) atoms. The second-order valence-electron chi connectivity index (χ2n) is 5.10. The van der Waals surface area contributed by atoms with Crippen molar-refractivity contribution in [2.24, 2.45) is 5.73 Å². The molecule has 0 heterocycles. The zero-order valence-electron chi connectivity index (χ0n) is 13.1. The third kappa shape index (κ3) is 5.98. The molecule has 0 saturated carbocycles. The maximum absolute atomic E-state index is 10.6. The summed E-state index contributed by atoms with van der Waals surface area (Å²) in [6, 6.07) is 7.73. The summed E-state index contributed by atoms with van der Waals surface area (Å²) in [5.41, 5.74) is 6.24. The summed E-state index contributed by atoms with van der Waals surface area (Å²) in [5, 5.41) is 3.53. The van der Waals surface area contributed by atoms with E-state index in [0.717, 1.165) is 25.9 Å². The van der Waals surface area contributed by atoms with Crippen LogP contribution in [0.2, 0.25) is 0 Å². The Morgan fingerprint density at radius 3 is 2.38 bits per heavy atom. The fourth-order valence-corrected chi connectivity index (χ4v) is 2.98. The maximum atomic E-state index is 10.6. The number of carbonyl (C=O) groups is 1. The summed E-state index contributed by atoms with van der Waals surface area (Å²) in [4.78, 5) is 10.6. The van der Waals surface area contributed by atoms with Gasteiger partial charge in [-0.15, -0.1) is 0 Å². The molecular weight excluding hydrogens is 284 g/mol. The molecule has 0 radical (unpaired) electrons. The molecular formula is C16H26N2O2S. The summed E-state index contributed by atoms with van der Waals surface area (Å²) >= 11 is 1.94. The van der Waals surface area contributed by atoms with E-state index in [2.05, 4.69) is 25.4 Å². The fourth-order valence-electron chi connectivity index (χ4n) is 2.15. The average Bonchev–Trinajstić information content (AvgIpc) is 2.51. The van der Waals surface area contributed by atoms with E-state index in [9.17, 15) is 4.79 Å². The van der Waals surface area contributed by atoms with E-state index in [4.69, 9.17) is 10.5 Å². The van der Waals surface area contributed by atoms with Crippen LogP contribution in [0.15, 0.2) is 24.3 Å². The zero-order chi connectivity index (χ0) is 15.7. The van der Waals surface area contributed by atoms with Gasteiger partial charge in [-0.05, 0) is 36.8 Å². The third-order valence-electron chi connectivity index (χ3n) is 3.80. The molecule has 0 spiro atoms. The van der Waals surface area contributed by atoms with Crippen molar-refractivity contribution in [2.75, 3.05) is 19.4 Å². The number of hydrogen-bond acceptors (Lipinski definition) is 4. The lowest BCUT2D eigenvalue weighted by Gasteiger charge is -2.30. The van der Waals surface area contributed by atoms with Gasteiger partial charge in [-0.2, -0.15) is 11.8 Å². The van der Waals surface area contributed by atoms with E-state index in [-0.39, 0.29) is 6.61 Å². The Balaban J connectivity index is 2.44. The number of ether oxygens (including phenoxy) is 1. The van der Waals surface area contributed by atoms with E-state index in [0.29, 0.717) is 10.5 Å². The second-order valence-corrected chi connectivity index (χ2v) is 6.37. The minimum absolute atomic E-state index is 0.0825. The first-order chi connectivity index (χ1) is 10.0. The Kier molecular flexibility index (Phi) is 7.61. The molecule has 0 aromatic heterocycles. The van der Waals surface area contributed by atoms with Crippen LogP contribution in [0.3, 0.4) is 0 Å². The highest BCUT2D eigenvalue weighted by Crippen LogP contribution is 2.29. The molecule has 4 nitrogen and oxygen atoms in total. The van der Waals surface area contributed by atoms with Crippen molar-refractivity contribution in [2.45, 2.75) is 38.0 Å². The van der Waals surface area contributed by atoms with Crippen LogP contribution in [-0.2, 0) is 11.3 Å². The van der Waals surface area contributed by atoms with Crippen LogP contribution in [0.5, 0.6) is 5.75 Å². The highest BCUT2D eigenvalue weighted by molar-refractivity contribution is 8.00. The number of nitrogens with one attached hydrogen (secondary N) is 1. The van der Waals surface area contributed by atoms with Crippen LogP contribution >= 0.6 is 11.8 Å². The highest BCUT2D eigenvalue weighted by Gasteiger charge is 2.23. The van der Waals surface area contributed by atoms with Crippen molar-refractivity contribution in [3.63, 3.8) is 0 Å². The van der Waals surface area contributed by atoms with Crippen LogP contribution in [0.4, 0.5) is 0 Å². The molecule has 118 valence electrons. The molecule has 0 aliphatic heterocycles. The minimum Gasteiger partial charge on any atom is -0.484 e. The molecule has 5 heteroatoms. The Bertz CT molecular complexity index is 422. The van der Waals surface area contributed by atoms with Crippen LogP contribution < -0.4 is 15.8 Å². The normalized spacial score (nSPS) is 11.4. The summed E-state index contributed by atoms with van der Waals surface area (Å²) in [7, 11) is 0. The summed E-state index contributed by atoms with van der Waals surface area (Å²) in [6.45, 7) is 6.24. The van der Waals surface area contributed by atoms with Gasteiger partial charge in [0.05, 0.1) is 0 Å². The highest BCUT2D eigenvalue weighted by atomic mass is 32.2. The number of amides is 1. The van der Waals surface area contributed by atoms with E-state index < -0.39 is 5.91 Å². The third-order valence-corrected chi connectivity index (χ3v) is 5.39. The van der Waals surface area contributed by atoms with Gasteiger partial charge in [0.1, 0.15) is 5.75 Å². The molecule has 3 N–H and O–H groups in total. The molecule has 1 amide bonds. The molecule has 1 rings (SSSR count). The Morgan fingerprint density at radius 2 is 1.90 bits per heavy atom. The van der Waals surface area contributed by atoms with Gasteiger partial charge in [-0.25, -0.2) is 0 Å². The molecule has 1 aromatic carbocycles. The first-order valence-corrected chi connectivity index (χ1v) is 8.53. The van der Waals surface area contributed by atoms with Crippen molar-refractivity contribution in [1.82, 2.24) is 5.32 Å². The van der Waals surface area contributed by atoms with Gasteiger partial charge in [-0.3, -0.25) is 4.79 Å². The van der Waals surface area contributed by atoms with Crippen LogP contribution in [0.1, 0.15) is 32.3 Å². The number of thioether (sulfide) groups is 1. The molecule has 0 bridgehead atoms. The minimum atomic E-state index is -0.465. The lowest BCUT2D eigenvalue weighted by atomic mass is 10.0. The van der Waals surface area contributed by atoms with Gasteiger partial charge in [0.2, 0.25) is 0 Å². The summed E-state index contributed by atoms with van der Waals surface area (Å²) in [6.07, 6.45) is 4.51. The monoisotopic (exact) mass is 310 g/mol. The van der Waals surface area contributed by atoms with Crippen LogP contribution in [0, 0.1) is 0 Å². The number of hydrogen-bond donors (Lipinski definition) is 2. The van der Waals surface area contributed by atoms with E-state index in [1.165, 1.54) is 5.56 Å². The van der Waals surface area contributed by atoms with Crippen molar-refractivity contribution < 1.29 is 9.53 Å². The van der Waals surface area contributed by atoms with Crippen molar-refractivity contribution in [1.29, 1.82) is 0 Å². The van der Waals surface area contributed by atoms with Crippen LogP contribution in [-0.4, -0.2) is 30.1 Å². The smallest absolute Gasteiger partial charge is 0.255 e. The Hall–Kier alpha value is -1.20. The number of rotatable bonds is 10. The van der Waals surface area contributed by atoms with Gasteiger partial charge in [0, 0.05) is 17.8 Å². The van der Waals surface area contributed by atoms with Crippen molar-refractivity contribution in [3.8, 4) is 5.75 Å². The molecule has 0 fully saturated rings. The predicted octanol–water partition coefficient (Wildman–Crippen LogP) is 2.56. The largest absolute Gasteiger partial charge is 0.484 e.